The molecule has 2 N–H and O–H groups in total. The summed E-state index contributed by atoms with van der Waals surface area (Å²) >= 11 is 4.96. The van der Waals surface area contributed by atoms with E-state index in [9.17, 15) is 17.6 Å². The number of aromatic amines is 2. The van der Waals surface area contributed by atoms with Gasteiger partial charge >= 0.3 is 6.18 Å². The lowest BCUT2D eigenvalue weighted by atomic mass is 9.90. The van der Waals surface area contributed by atoms with E-state index in [4.69, 9.17) is 12.2 Å². The Balaban J connectivity index is 1.92. The molecule has 1 aliphatic rings. The van der Waals surface area contributed by atoms with Gasteiger partial charge in [-0.25, -0.2) is 4.39 Å². The summed E-state index contributed by atoms with van der Waals surface area (Å²) in [6, 6.07) is 2.56. The zero-order valence-electron chi connectivity index (χ0n) is 12.0. The van der Waals surface area contributed by atoms with E-state index < -0.39 is 17.6 Å². The molecule has 1 unspecified atom stereocenters. The minimum absolute atomic E-state index is 0.0329. The number of imidazole rings is 1. The Bertz CT molecular complexity index is 801. The third kappa shape index (κ3) is 3.39. The number of hydrogen-bond donors (Lipinski definition) is 2. The molecule has 23 heavy (non-hydrogen) atoms. The first-order chi connectivity index (χ1) is 10.8. The Kier molecular flexibility index (Phi) is 4.14. The smallest absolute Gasteiger partial charge is 0.337 e. The molecule has 2 nitrogen and oxygen atoms in total. The Hall–Kier alpha value is -1.89. The van der Waals surface area contributed by atoms with Crippen LogP contribution in [0.1, 0.15) is 29.7 Å². The second-order valence-corrected chi connectivity index (χ2v) is 6.01. The van der Waals surface area contributed by atoms with Crippen molar-refractivity contribution in [3.8, 4) is 0 Å². The maximum absolute atomic E-state index is 14.1. The second kappa shape index (κ2) is 5.96. The van der Waals surface area contributed by atoms with Gasteiger partial charge in [-0.05, 0) is 61.2 Å². The van der Waals surface area contributed by atoms with Gasteiger partial charge in [-0.15, -0.1) is 0 Å². The molecule has 0 spiro atoms. The summed E-state index contributed by atoms with van der Waals surface area (Å²) < 4.78 is 53.2. The molecule has 1 aliphatic carbocycles. The normalized spacial score (nSPS) is 18.3. The number of allylic oxidation sites excluding steroid dienone is 2. The van der Waals surface area contributed by atoms with Crippen LogP contribution < -0.4 is 0 Å². The number of halogens is 4. The van der Waals surface area contributed by atoms with Crippen LogP contribution in [-0.2, 0) is 12.6 Å². The number of alkyl halides is 3. The first-order valence-corrected chi connectivity index (χ1v) is 7.59. The van der Waals surface area contributed by atoms with Crippen molar-refractivity contribution in [3.05, 3.63) is 57.9 Å². The molecule has 1 aromatic heterocycles. The van der Waals surface area contributed by atoms with Gasteiger partial charge in [0.15, 0.2) is 4.77 Å². The lowest BCUT2D eigenvalue weighted by Crippen LogP contribution is -2.09. The summed E-state index contributed by atoms with van der Waals surface area (Å²) in [5, 5.41) is 0. The van der Waals surface area contributed by atoms with Crippen molar-refractivity contribution in [1.82, 2.24) is 9.97 Å². The zero-order valence-corrected chi connectivity index (χ0v) is 12.8. The van der Waals surface area contributed by atoms with E-state index >= 15 is 0 Å². The summed E-state index contributed by atoms with van der Waals surface area (Å²) in [6.07, 6.45) is 1.15. The molecule has 0 amide bonds. The molecular formula is C16H14F4N2S. The van der Waals surface area contributed by atoms with E-state index in [1.807, 2.05) is 6.08 Å². The van der Waals surface area contributed by atoms with Gasteiger partial charge in [0.1, 0.15) is 5.82 Å². The van der Waals surface area contributed by atoms with E-state index in [1.165, 1.54) is 0 Å². The monoisotopic (exact) mass is 342 g/mol. The van der Waals surface area contributed by atoms with Crippen molar-refractivity contribution in [2.45, 2.75) is 25.4 Å². The van der Waals surface area contributed by atoms with Gasteiger partial charge in [0.2, 0.25) is 0 Å². The van der Waals surface area contributed by atoms with Crippen LogP contribution >= 0.6 is 12.2 Å². The largest absolute Gasteiger partial charge is 0.416 e. The molecule has 1 aromatic carbocycles. The van der Waals surface area contributed by atoms with E-state index in [1.54, 1.807) is 6.20 Å². The molecule has 0 bridgehead atoms. The van der Waals surface area contributed by atoms with Gasteiger partial charge in [0.25, 0.3) is 0 Å². The molecule has 122 valence electrons. The van der Waals surface area contributed by atoms with Crippen molar-refractivity contribution in [2.24, 2.45) is 5.92 Å². The highest BCUT2D eigenvalue weighted by Gasteiger charge is 2.32. The average molecular weight is 342 g/mol. The fourth-order valence-corrected chi connectivity index (χ4v) is 3.16. The van der Waals surface area contributed by atoms with Crippen LogP contribution in [0.25, 0.3) is 5.57 Å². The number of aromatic nitrogens is 2. The minimum Gasteiger partial charge on any atom is -0.337 e. The molecule has 7 heteroatoms. The lowest BCUT2D eigenvalue weighted by molar-refractivity contribution is -0.137. The Morgan fingerprint density at radius 1 is 1.26 bits per heavy atom. The molecule has 0 saturated carbocycles. The van der Waals surface area contributed by atoms with Crippen molar-refractivity contribution in [2.75, 3.05) is 0 Å². The minimum atomic E-state index is -4.48. The highest BCUT2D eigenvalue weighted by molar-refractivity contribution is 7.71. The van der Waals surface area contributed by atoms with Crippen LogP contribution in [0.15, 0.2) is 30.5 Å². The summed E-state index contributed by atoms with van der Waals surface area (Å²) in [6.45, 7) is 0. The highest BCUT2D eigenvalue weighted by Crippen LogP contribution is 2.39. The van der Waals surface area contributed by atoms with Gasteiger partial charge in [-0.3, -0.25) is 0 Å². The molecule has 2 aromatic rings. The number of nitrogens with one attached hydrogen (secondary N) is 2. The Labute approximate surface area is 135 Å². The van der Waals surface area contributed by atoms with Crippen LogP contribution in [0.3, 0.4) is 0 Å². The van der Waals surface area contributed by atoms with E-state index in [2.05, 4.69) is 9.97 Å². The molecular weight excluding hydrogens is 328 g/mol. The van der Waals surface area contributed by atoms with Crippen molar-refractivity contribution >= 4 is 17.8 Å². The first kappa shape index (κ1) is 16.0. The predicted molar refractivity (Wildman–Crippen MR) is 81.8 cm³/mol. The second-order valence-electron chi connectivity index (χ2n) is 5.60. The zero-order chi connectivity index (χ0) is 16.6. The third-order valence-electron chi connectivity index (χ3n) is 4.04. The summed E-state index contributed by atoms with van der Waals surface area (Å²) in [4.78, 5) is 5.84. The highest BCUT2D eigenvalue weighted by atomic mass is 32.1. The van der Waals surface area contributed by atoms with E-state index in [0.717, 1.165) is 36.7 Å². The number of rotatable bonds is 3. The van der Waals surface area contributed by atoms with Crippen LogP contribution in [0.4, 0.5) is 17.6 Å². The predicted octanol–water partition coefficient (Wildman–Crippen LogP) is 5.27. The molecule has 0 radical (unpaired) electrons. The van der Waals surface area contributed by atoms with Gasteiger partial charge in [-0.2, -0.15) is 13.2 Å². The van der Waals surface area contributed by atoms with Gasteiger partial charge in [0.05, 0.1) is 5.56 Å². The van der Waals surface area contributed by atoms with Gasteiger partial charge in [0, 0.05) is 17.5 Å². The third-order valence-corrected chi connectivity index (χ3v) is 4.26. The SMILES string of the molecule is Fc1ccc(C(F)(F)F)cc1C1=CCCC1Cc1c[nH]c(=S)[nH]1. The molecule has 3 rings (SSSR count). The molecule has 1 atom stereocenters. The number of H-pyrrole nitrogens is 2. The van der Waals surface area contributed by atoms with Gasteiger partial charge in [-0.1, -0.05) is 6.08 Å². The Morgan fingerprint density at radius 2 is 2.04 bits per heavy atom. The van der Waals surface area contributed by atoms with Crippen LogP contribution in [0.5, 0.6) is 0 Å². The molecule has 0 aliphatic heterocycles. The first-order valence-electron chi connectivity index (χ1n) is 7.18. The van der Waals surface area contributed by atoms with E-state index in [-0.39, 0.29) is 11.5 Å². The number of hydrogen-bond acceptors (Lipinski definition) is 1. The quantitative estimate of drug-likeness (QED) is 0.578. The lowest BCUT2D eigenvalue weighted by Gasteiger charge is -2.17. The topological polar surface area (TPSA) is 31.6 Å². The Morgan fingerprint density at radius 3 is 2.70 bits per heavy atom. The molecule has 0 fully saturated rings. The standard InChI is InChI=1S/C16H14F4N2S/c17-14-5-4-10(16(18,19)20)7-13(14)12-3-1-2-9(12)6-11-8-21-15(23)22-11/h3-5,7-9H,1-2,6H2,(H2,21,22,23). The van der Waals surface area contributed by atoms with E-state index in [0.29, 0.717) is 16.8 Å². The maximum Gasteiger partial charge on any atom is 0.416 e. The summed E-state index contributed by atoms with van der Waals surface area (Å²) in [7, 11) is 0. The van der Waals surface area contributed by atoms with Crippen molar-refractivity contribution in [3.63, 3.8) is 0 Å². The van der Waals surface area contributed by atoms with Crippen LogP contribution in [-0.4, -0.2) is 9.97 Å². The summed E-state index contributed by atoms with van der Waals surface area (Å²) in [5.41, 5.74) is 0.701. The molecule has 0 saturated heterocycles. The molecule has 1 heterocycles. The summed E-state index contributed by atoms with van der Waals surface area (Å²) in [5.74, 6) is -0.660. The van der Waals surface area contributed by atoms with Crippen LogP contribution in [0.2, 0.25) is 0 Å². The number of benzene rings is 1. The fraction of sp³-hybridized carbons (Fsp3) is 0.312. The van der Waals surface area contributed by atoms with Gasteiger partial charge < -0.3 is 9.97 Å². The fourth-order valence-electron chi connectivity index (χ4n) is 2.97. The average Bonchev–Trinajstić information content (AvgIpc) is 3.08. The maximum atomic E-state index is 14.1. The van der Waals surface area contributed by atoms with Crippen molar-refractivity contribution in [1.29, 1.82) is 0 Å². The van der Waals surface area contributed by atoms with Crippen molar-refractivity contribution < 1.29 is 17.6 Å². The van der Waals surface area contributed by atoms with Crippen LogP contribution in [0, 0.1) is 16.5 Å².